The second-order valence-electron chi connectivity index (χ2n) is 5.94. The van der Waals surface area contributed by atoms with E-state index in [1.54, 1.807) is 24.3 Å². The van der Waals surface area contributed by atoms with E-state index in [0.717, 1.165) is 11.1 Å². The van der Waals surface area contributed by atoms with Crippen LogP contribution in [0.15, 0.2) is 48.5 Å². The lowest BCUT2D eigenvalue weighted by molar-refractivity contribution is -0.126. The molecule has 0 spiro atoms. The fourth-order valence-corrected chi connectivity index (χ4v) is 2.40. The lowest BCUT2D eigenvalue weighted by atomic mass is 10.1. The summed E-state index contributed by atoms with van der Waals surface area (Å²) >= 11 is 0. The largest absolute Gasteiger partial charge is 0.508 e. The van der Waals surface area contributed by atoms with Crippen LogP contribution in [0.4, 0.5) is 0 Å². The lowest BCUT2D eigenvalue weighted by Gasteiger charge is -2.16. The molecule has 0 aliphatic heterocycles. The number of aromatic hydroxyl groups is 2. The van der Waals surface area contributed by atoms with Gasteiger partial charge in [0.2, 0.25) is 11.8 Å². The van der Waals surface area contributed by atoms with Crippen LogP contribution in [0.5, 0.6) is 11.5 Å². The SMILES string of the molecule is O=C(Cc1ccc(O)cc1)NCC(=O)N[C@H](CO)Cc1ccc(O)cc1. The third-order valence-corrected chi connectivity index (χ3v) is 3.75. The minimum absolute atomic E-state index is 0.102. The van der Waals surface area contributed by atoms with Gasteiger partial charge in [-0.15, -0.1) is 0 Å². The predicted octanol–water partition coefficient (Wildman–Crippen LogP) is 0.476. The second-order valence-corrected chi connectivity index (χ2v) is 5.94. The molecule has 138 valence electrons. The van der Waals surface area contributed by atoms with Gasteiger partial charge >= 0.3 is 0 Å². The van der Waals surface area contributed by atoms with E-state index in [1.807, 2.05) is 0 Å². The van der Waals surface area contributed by atoms with E-state index in [4.69, 9.17) is 0 Å². The molecular weight excluding hydrogens is 336 g/mol. The second kappa shape index (κ2) is 9.43. The molecular formula is C19H22N2O5. The predicted molar refractivity (Wildman–Crippen MR) is 95.6 cm³/mol. The summed E-state index contributed by atoms with van der Waals surface area (Å²) in [4.78, 5) is 23.8. The molecule has 0 aliphatic carbocycles. The quantitative estimate of drug-likeness (QED) is 0.470. The van der Waals surface area contributed by atoms with Crippen molar-refractivity contribution >= 4 is 11.8 Å². The van der Waals surface area contributed by atoms with E-state index >= 15 is 0 Å². The van der Waals surface area contributed by atoms with Crippen molar-refractivity contribution in [1.29, 1.82) is 0 Å². The number of nitrogens with one attached hydrogen (secondary N) is 2. The zero-order chi connectivity index (χ0) is 18.9. The maximum absolute atomic E-state index is 11.9. The van der Waals surface area contributed by atoms with E-state index in [1.165, 1.54) is 24.3 Å². The van der Waals surface area contributed by atoms with Crippen molar-refractivity contribution in [3.8, 4) is 11.5 Å². The normalized spacial score (nSPS) is 11.6. The molecule has 2 aromatic rings. The fourth-order valence-electron chi connectivity index (χ4n) is 2.40. The third kappa shape index (κ3) is 6.45. The maximum atomic E-state index is 11.9. The van der Waals surface area contributed by atoms with Crippen LogP contribution in [0.3, 0.4) is 0 Å². The van der Waals surface area contributed by atoms with Gasteiger partial charge in [0.25, 0.3) is 0 Å². The minimum Gasteiger partial charge on any atom is -0.508 e. The van der Waals surface area contributed by atoms with Crippen LogP contribution < -0.4 is 10.6 Å². The number of aliphatic hydroxyl groups is 1. The Kier molecular flexibility index (Phi) is 6.99. The Hall–Kier alpha value is -3.06. The third-order valence-electron chi connectivity index (χ3n) is 3.75. The van der Waals surface area contributed by atoms with Crippen molar-refractivity contribution in [2.75, 3.05) is 13.2 Å². The highest BCUT2D eigenvalue weighted by Gasteiger charge is 2.13. The highest BCUT2D eigenvalue weighted by molar-refractivity contribution is 5.85. The molecule has 0 aromatic heterocycles. The van der Waals surface area contributed by atoms with Crippen molar-refractivity contribution in [2.45, 2.75) is 18.9 Å². The summed E-state index contributed by atoms with van der Waals surface area (Å²) in [7, 11) is 0. The van der Waals surface area contributed by atoms with E-state index in [-0.39, 0.29) is 37.0 Å². The van der Waals surface area contributed by atoms with Crippen LogP contribution in [-0.2, 0) is 22.4 Å². The summed E-state index contributed by atoms with van der Waals surface area (Å²) in [6.45, 7) is -0.433. The molecule has 7 nitrogen and oxygen atoms in total. The topological polar surface area (TPSA) is 119 Å². The molecule has 0 aliphatic rings. The number of phenols is 2. The van der Waals surface area contributed by atoms with Crippen molar-refractivity contribution < 1.29 is 24.9 Å². The van der Waals surface area contributed by atoms with E-state index in [2.05, 4.69) is 10.6 Å². The van der Waals surface area contributed by atoms with Gasteiger partial charge < -0.3 is 26.0 Å². The van der Waals surface area contributed by atoms with Crippen molar-refractivity contribution in [3.05, 3.63) is 59.7 Å². The molecule has 0 radical (unpaired) electrons. The van der Waals surface area contributed by atoms with E-state index < -0.39 is 11.9 Å². The first kappa shape index (κ1) is 19.3. The van der Waals surface area contributed by atoms with Gasteiger partial charge in [-0.05, 0) is 41.8 Å². The summed E-state index contributed by atoms with van der Waals surface area (Å²) in [5.74, 6) is -0.446. The number of benzene rings is 2. The van der Waals surface area contributed by atoms with Crippen LogP contribution in [0.25, 0.3) is 0 Å². The highest BCUT2D eigenvalue weighted by atomic mass is 16.3. The Morgan fingerprint density at radius 2 is 1.38 bits per heavy atom. The molecule has 0 saturated carbocycles. The van der Waals surface area contributed by atoms with Gasteiger partial charge in [0.15, 0.2) is 0 Å². The summed E-state index contributed by atoms with van der Waals surface area (Å²) in [5, 5.41) is 33.1. The Bertz CT molecular complexity index is 729. The zero-order valence-electron chi connectivity index (χ0n) is 14.2. The van der Waals surface area contributed by atoms with Gasteiger partial charge in [-0.25, -0.2) is 0 Å². The Balaban J connectivity index is 1.76. The molecule has 0 heterocycles. The van der Waals surface area contributed by atoms with Crippen LogP contribution in [0, 0.1) is 0 Å². The standard InChI is InChI=1S/C19H22N2O5/c22-12-15(9-13-1-5-16(23)6-2-13)21-19(26)11-20-18(25)10-14-3-7-17(24)8-4-14/h1-8,15,22-24H,9-12H2,(H,20,25)(H,21,26)/t15-/m0/s1. The van der Waals surface area contributed by atoms with Crippen LogP contribution in [0.2, 0.25) is 0 Å². The fraction of sp³-hybridized carbons (Fsp3) is 0.263. The molecule has 0 fully saturated rings. The molecule has 0 unspecified atom stereocenters. The Morgan fingerprint density at radius 3 is 1.92 bits per heavy atom. The first-order valence-corrected chi connectivity index (χ1v) is 8.19. The summed E-state index contributed by atoms with van der Waals surface area (Å²) in [6.07, 6.45) is 0.508. The van der Waals surface area contributed by atoms with Crippen LogP contribution >= 0.6 is 0 Å². The van der Waals surface area contributed by atoms with Crippen molar-refractivity contribution in [2.24, 2.45) is 0 Å². The number of hydrogen-bond acceptors (Lipinski definition) is 5. The summed E-state index contributed by atoms with van der Waals surface area (Å²) in [6, 6.07) is 12.3. The highest BCUT2D eigenvalue weighted by Crippen LogP contribution is 2.11. The lowest BCUT2D eigenvalue weighted by Crippen LogP contribution is -2.44. The summed E-state index contributed by atoms with van der Waals surface area (Å²) < 4.78 is 0. The Labute approximate surface area is 151 Å². The molecule has 5 N–H and O–H groups in total. The zero-order valence-corrected chi connectivity index (χ0v) is 14.2. The van der Waals surface area contributed by atoms with E-state index in [9.17, 15) is 24.9 Å². The number of rotatable bonds is 8. The van der Waals surface area contributed by atoms with Crippen molar-refractivity contribution in [3.63, 3.8) is 0 Å². The summed E-state index contributed by atoms with van der Waals surface area (Å²) in [5.41, 5.74) is 1.58. The van der Waals surface area contributed by atoms with Crippen LogP contribution in [0.1, 0.15) is 11.1 Å². The molecule has 26 heavy (non-hydrogen) atoms. The van der Waals surface area contributed by atoms with Gasteiger partial charge in [-0.3, -0.25) is 9.59 Å². The monoisotopic (exact) mass is 358 g/mol. The average Bonchev–Trinajstić information content (AvgIpc) is 2.63. The molecule has 1 atom stereocenters. The van der Waals surface area contributed by atoms with Gasteiger partial charge in [-0.1, -0.05) is 24.3 Å². The van der Waals surface area contributed by atoms with E-state index in [0.29, 0.717) is 6.42 Å². The van der Waals surface area contributed by atoms with Gasteiger partial charge in [0.05, 0.1) is 25.6 Å². The smallest absolute Gasteiger partial charge is 0.239 e. The molecule has 2 amide bonds. The van der Waals surface area contributed by atoms with Crippen molar-refractivity contribution in [1.82, 2.24) is 10.6 Å². The first-order chi connectivity index (χ1) is 12.5. The molecule has 0 saturated heterocycles. The van der Waals surface area contributed by atoms with Gasteiger partial charge in [0.1, 0.15) is 11.5 Å². The molecule has 7 heteroatoms. The van der Waals surface area contributed by atoms with Gasteiger partial charge in [-0.2, -0.15) is 0 Å². The average molecular weight is 358 g/mol. The number of hydrogen-bond donors (Lipinski definition) is 5. The number of carbonyl (C=O) groups is 2. The maximum Gasteiger partial charge on any atom is 0.239 e. The number of amides is 2. The molecule has 0 bridgehead atoms. The number of carbonyl (C=O) groups excluding carboxylic acids is 2. The number of aliphatic hydroxyl groups excluding tert-OH is 1. The first-order valence-electron chi connectivity index (χ1n) is 8.19. The minimum atomic E-state index is -0.485. The molecule has 2 aromatic carbocycles. The van der Waals surface area contributed by atoms with Gasteiger partial charge in [0, 0.05) is 0 Å². The molecule has 2 rings (SSSR count). The Morgan fingerprint density at radius 1 is 0.846 bits per heavy atom. The number of phenolic OH excluding ortho intramolecular Hbond substituents is 2. The van der Waals surface area contributed by atoms with Crippen LogP contribution in [-0.4, -0.2) is 46.3 Å².